The summed E-state index contributed by atoms with van der Waals surface area (Å²) in [5.74, 6) is -1.61. The lowest BCUT2D eigenvalue weighted by atomic mass is 10.2. The summed E-state index contributed by atoms with van der Waals surface area (Å²) in [6, 6.07) is 13.3. The van der Waals surface area contributed by atoms with Gasteiger partial charge in [-0.05, 0) is 73.2 Å². The lowest BCUT2D eigenvalue weighted by Crippen LogP contribution is -2.14. The number of aromatic nitrogens is 3. The van der Waals surface area contributed by atoms with E-state index >= 15 is 0 Å². The van der Waals surface area contributed by atoms with Crippen LogP contribution in [0.15, 0.2) is 78.2 Å². The third-order valence-corrected chi connectivity index (χ3v) is 6.09. The minimum Gasteiger partial charge on any atom is -0.322 e. The van der Waals surface area contributed by atoms with Crippen molar-refractivity contribution in [3.05, 3.63) is 96.1 Å². The van der Waals surface area contributed by atoms with Gasteiger partial charge in [0.15, 0.2) is 5.82 Å². The summed E-state index contributed by atoms with van der Waals surface area (Å²) in [5.41, 5.74) is 1.07. The smallest absolute Gasteiger partial charge is 0.261 e. The van der Waals surface area contributed by atoms with Crippen LogP contribution < -0.4 is 10.0 Å². The molecule has 0 atom stereocenters. The number of hydrogen-bond donors (Lipinski definition) is 2. The maximum atomic E-state index is 14.3. The molecule has 4 aromatic rings. The first-order valence-corrected chi connectivity index (χ1v) is 11.1. The molecule has 0 saturated carbocycles. The van der Waals surface area contributed by atoms with Crippen LogP contribution in [0.2, 0.25) is 0 Å². The van der Waals surface area contributed by atoms with E-state index in [4.69, 9.17) is 0 Å². The lowest BCUT2D eigenvalue weighted by molar-refractivity contribution is 0.102. The monoisotopic (exact) mass is 469 g/mol. The fourth-order valence-electron chi connectivity index (χ4n) is 2.99. The second kappa shape index (κ2) is 8.79. The van der Waals surface area contributed by atoms with Crippen molar-refractivity contribution in [3.8, 4) is 5.69 Å². The van der Waals surface area contributed by atoms with E-state index in [1.807, 2.05) is 0 Å². The highest BCUT2D eigenvalue weighted by atomic mass is 32.2. The van der Waals surface area contributed by atoms with Gasteiger partial charge in [-0.2, -0.15) is 5.10 Å². The van der Waals surface area contributed by atoms with E-state index in [0.29, 0.717) is 0 Å². The van der Waals surface area contributed by atoms with Crippen molar-refractivity contribution in [1.29, 1.82) is 0 Å². The first kappa shape index (κ1) is 22.1. The second-order valence-corrected chi connectivity index (χ2v) is 8.74. The van der Waals surface area contributed by atoms with Crippen LogP contribution in [0.4, 0.5) is 20.2 Å². The molecule has 168 valence electrons. The summed E-state index contributed by atoms with van der Waals surface area (Å²) >= 11 is 0. The Hall–Kier alpha value is -4.12. The Labute approximate surface area is 188 Å². The third-order valence-electron chi connectivity index (χ3n) is 4.71. The van der Waals surface area contributed by atoms with Crippen LogP contribution in [0.1, 0.15) is 15.9 Å². The van der Waals surface area contributed by atoms with E-state index in [1.165, 1.54) is 72.8 Å². The van der Waals surface area contributed by atoms with E-state index in [0.717, 1.165) is 12.1 Å². The molecule has 1 heterocycles. The van der Waals surface area contributed by atoms with Crippen molar-refractivity contribution in [2.24, 2.45) is 0 Å². The van der Waals surface area contributed by atoms with Crippen LogP contribution in [-0.2, 0) is 10.0 Å². The molecule has 0 aliphatic heterocycles. The Morgan fingerprint density at radius 1 is 0.939 bits per heavy atom. The van der Waals surface area contributed by atoms with Gasteiger partial charge in [0.05, 0.1) is 4.90 Å². The van der Waals surface area contributed by atoms with Crippen LogP contribution in [0, 0.1) is 18.6 Å². The number of hydrogen-bond acceptors (Lipinski definition) is 5. The quantitative estimate of drug-likeness (QED) is 0.445. The molecule has 33 heavy (non-hydrogen) atoms. The summed E-state index contributed by atoms with van der Waals surface area (Å²) in [6.45, 7) is 1.47. The Balaban J connectivity index is 1.45. The molecule has 0 radical (unpaired) electrons. The fourth-order valence-corrected chi connectivity index (χ4v) is 4.14. The van der Waals surface area contributed by atoms with Gasteiger partial charge in [-0.1, -0.05) is 0 Å². The van der Waals surface area contributed by atoms with Gasteiger partial charge in [0, 0.05) is 16.9 Å². The largest absolute Gasteiger partial charge is 0.322 e. The van der Waals surface area contributed by atoms with Crippen molar-refractivity contribution >= 4 is 27.3 Å². The number of benzene rings is 3. The zero-order valence-corrected chi connectivity index (χ0v) is 18.0. The van der Waals surface area contributed by atoms with E-state index in [9.17, 15) is 22.0 Å². The maximum absolute atomic E-state index is 14.3. The van der Waals surface area contributed by atoms with Gasteiger partial charge < -0.3 is 5.32 Å². The van der Waals surface area contributed by atoms with Crippen LogP contribution in [-0.4, -0.2) is 29.1 Å². The Kier molecular flexibility index (Phi) is 5.88. The van der Waals surface area contributed by atoms with Gasteiger partial charge in [-0.3, -0.25) is 9.52 Å². The van der Waals surface area contributed by atoms with E-state index in [1.54, 1.807) is 0 Å². The third kappa shape index (κ3) is 4.88. The second-order valence-electron chi connectivity index (χ2n) is 7.05. The zero-order valence-electron chi connectivity index (χ0n) is 17.2. The van der Waals surface area contributed by atoms with Gasteiger partial charge in [0.25, 0.3) is 15.9 Å². The van der Waals surface area contributed by atoms with Crippen molar-refractivity contribution in [2.75, 3.05) is 10.0 Å². The van der Waals surface area contributed by atoms with Gasteiger partial charge in [-0.25, -0.2) is 26.9 Å². The van der Waals surface area contributed by atoms with Gasteiger partial charge >= 0.3 is 0 Å². The lowest BCUT2D eigenvalue weighted by Gasteiger charge is -2.10. The number of aryl methyl sites for hydroxylation is 1. The van der Waals surface area contributed by atoms with Crippen molar-refractivity contribution in [2.45, 2.75) is 11.8 Å². The first-order valence-electron chi connectivity index (χ1n) is 9.58. The standard InChI is InChI=1S/C22H17F2N5O3S/c1-14-10-18(7-8-19(14)23)33(31,32)28-16-4-2-15(3-5-16)22(30)27-17-6-9-21(20(24)11-17)29-13-25-12-26-29/h2-13,28H,1H3,(H,27,30). The molecule has 0 saturated heterocycles. The number of amides is 1. The normalized spacial score (nSPS) is 11.2. The Morgan fingerprint density at radius 3 is 2.30 bits per heavy atom. The van der Waals surface area contributed by atoms with Gasteiger partial charge in [0.2, 0.25) is 0 Å². The Morgan fingerprint density at radius 2 is 1.67 bits per heavy atom. The molecule has 0 aliphatic rings. The molecule has 0 fully saturated rings. The first-order chi connectivity index (χ1) is 15.7. The van der Waals surface area contributed by atoms with Crippen LogP contribution in [0.25, 0.3) is 5.69 Å². The maximum Gasteiger partial charge on any atom is 0.261 e. The number of rotatable bonds is 6. The number of halogens is 2. The zero-order chi connectivity index (χ0) is 23.6. The van der Waals surface area contributed by atoms with E-state index in [-0.39, 0.29) is 33.1 Å². The minimum absolute atomic E-state index is 0.0837. The number of carbonyl (C=O) groups is 1. The molecular formula is C22H17F2N5O3S. The van der Waals surface area contributed by atoms with Crippen LogP contribution in [0.5, 0.6) is 0 Å². The number of nitrogens with one attached hydrogen (secondary N) is 2. The molecule has 8 nitrogen and oxygen atoms in total. The topological polar surface area (TPSA) is 106 Å². The molecular weight excluding hydrogens is 452 g/mol. The summed E-state index contributed by atoms with van der Waals surface area (Å²) in [4.78, 5) is 16.2. The van der Waals surface area contributed by atoms with Crippen molar-refractivity contribution < 1.29 is 22.0 Å². The highest BCUT2D eigenvalue weighted by Gasteiger charge is 2.16. The van der Waals surface area contributed by atoms with Crippen molar-refractivity contribution in [1.82, 2.24) is 14.8 Å². The summed E-state index contributed by atoms with van der Waals surface area (Å²) in [7, 11) is -3.93. The van der Waals surface area contributed by atoms with Crippen LogP contribution >= 0.6 is 0 Å². The highest BCUT2D eigenvalue weighted by molar-refractivity contribution is 7.92. The number of anilines is 2. The van der Waals surface area contributed by atoms with Crippen molar-refractivity contribution in [3.63, 3.8) is 0 Å². The predicted molar refractivity (Wildman–Crippen MR) is 118 cm³/mol. The predicted octanol–water partition coefficient (Wildman–Crippen LogP) is 3.91. The summed E-state index contributed by atoms with van der Waals surface area (Å²) in [5, 5.41) is 6.44. The minimum atomic E-state index is -3.93. The summed E-state index contributed by atoms with van der Waals surface area (Å²) in [6.07, 6.45) is 2.63. The molecule has 3 aromatic carbocycles. The SMILES string of the molecule is Cc1cc(S(=O)(=O)Nc2ccc(C(=O)Nc3ccc(-n4cncn4)c(F)c3)cc2)ccc1F. The fraction of sp³-hybridized carbons (Fsp3) is 0.0455. The molecule has 2 N–H and O–H groups in total. The summed E-state index contributed by atoms with van der Waals surface area (Å²) < 4.78 is 56.4. The molecule has 0 spiro atoms. The molecule has 11 heteroatoms. The molecule has 0 unspecified atom stereocenters. The van der Waals surface area contributed by atoms with Gasteiger partial charge in [-0.15, -0.1) is 0 Å². The molecule has 1 amide bonds. The van der Waals surface area contributed by atoms with Crippen LogP contribution in [0.3, 0.4) is 0 Å². The molecule has 1 aromatic heterocycles. The molecule has 4 rings (SSSR count). The number of carbonyl (C=O) groups excluding carboxylic acids is 1. The number of sulfonamides is 1. The molecule has 0 bridgehead atoms. The molecule has 0 aliphatic carbocycles. The van der Waals surface area contributed by atoms with E-state index in [2.05, 4.69) is 20.1 Å². The average molecular weight is 469 g/mol. The average Bonchev–Trinajstić information content (AvgIpc) is 3.30. The Bertz CT molecular complexity index is 1420. The van der Waals surface area contributed by atoms with Gasteiger partial charge in [0.1, 0.15) is 24.2 Å². The number of nitrogens with zero attached hydrogens (tertiary/aromatic N) is 3. The highest BCUT2D eigenvalue weighted by Crippen LogP contribution is 2.21. The van der Waals surface area contributed by atoms with E-state index < -0.39 is 27.6 Å².